The molecule has 0 aliphatic rings. The van der Waals surface area contributed by atoms with Gasteiger partial charge in [-0.05, 0) is 46.7 Å². The van der Waals surface area contributed by atoms with E-state index >= 15 is 0 Å². The Bertz CT molecular complexity index is 1060. The number of hydrogen-bond donors (Lipinski definition) is 1. The number of methoxy groups -OCH3 is 1. The van der Waals surface area contributed by atoms with Crippen molar-refractivity contribution in [3.05, 3.63) is 81.4 Å². The van der Waals surface area contributed by atoms with Crippen LogP contribution in [0.4, 0.5) is 5.69 Å². The van der Waals surface area contributed by atoms with Crippen LogP contribution in [0.15, 0.2) is 54.6 Å². The molecule has 28 heavy (non-hydrogen) atoms. The van der Waals surface area contributed by atoms with E-state index in [0.29, 0.717) is 22.4 Å². The van der Waals surface area contributed by atoms with Gasteiger partial charge in [-0.3, -0.25) is 10.1 Å². The van der Waals surface area contributed by atoms with Gasteiger partial charge in [0.05, 0.1) is 22.7 Å². The third kappa shape index (κ3) is 4.26. The lowest BCUT2D eigenvalue weighted by Crippen LogP contribution is -2.06. The molecule has 142 valence electrons. The first-order valence-corrected chi connectivity index (χ1v) is 8.52. The molecule has 1 N–H and O–H groups in total. The molecule has 0 spiro atoms. The minimum absolute atomic E-state index is 0.0195. The van der Waals surface area contributed by atoms with Crippen molar-refractivity contribution in [1.29, 1.82) is 5.26 Å². The van der Waals surface area contributed by atoms with Crippen LogP contribution in [0.5, 0.6) is 5.75 Å². The molecule has 0 bridgehead atoms. The summed E-state index contributed by atoms with van der Waals surface area (Å²) in [7, 11) is 1.48. The SMILES string of the molecule is COCOc1ccc([N+](=O)[O-])c(C[C@H](O)c2ccc3ccc(C#N)cc3c2)c1. The molecule has 0 radical (unpaired) electrons. The van der Waals surface area contributed by atoms with Crippen LogP contribution in [0.1, 0.15) is 22.8 Å². The fourth-order valence-corrected chi connectivity index (χ4v) is 2.99. The Morgan fingerprint density at radius 2 is 1.93 bits per heavy atom. The van der Waals surface area contributed by atoms with E-state index in [1.807, 2.05) is 12.1 Å². The van der Waals surface area contributed by atoms with Gasteiger partial charge in [-0.25, -0.2) is 0 Å². The van der Waals surface area contributed by atoms with Gasteiger partial charge in [0, 0.05) is 25.2 Å². The van der Waals surface area contributed by atoms with Crippen molar-refractivity contribution in [2.24, 2.45) is 0 Å². The van der Waals surface area contributed by atoms with E-state index < -0.39 is 11.0 Å². The molecule has 0 fully saturated rings. The Morgan fingerprint density at radius 3 is 2.64 bits per heavy atom. The monoisotopic (exact) mass is 378 g/mol. The molecule has 7 nitrogen and oxygen atoms in total. The van der Waals surface area contributed by atoms with Crippen molar-refractivity contribution < 1.29 is 19.5 Å². The maximum atomic E-state index is 11.3. The van der Waals surface area contributed by atoms with E-state index in [2.05, 4.69) is 6.07 Å². The molecule has 3 aromatic rings. The zero-order valence-corrected chi connectivity index (χ0v) is 15.2. The number of nitrogens with zero attached hydrogens (tertiary/aromatic N) is 2. The van der Waals surface area contributed by atoms with Crippen LogP contribution in [-0.2, 0) is 11.2 Å². The van der Waals surface area contributed by atoms with E-state index in [1.54, 1.807) is 24.3 Å². The number of fused-ring (bicyclic) bond motifs is 1. The number of hydrogen-bond acceptors (Lipinski definition) is 6. The average molecular weight is 378 g/mol. The van der Waals surface area contributed by atoms with Crippen LogP contribution in [-0.4, -0.2) is 23.9 Å². The largest absolute Gasteiger partial charge is 0.468 e. The highest BCUT2D eigenvalue weighted by Gasteiger charge is 2.19. The molecule has 0 saturated heterocycles. The summed E-state index contributed by atoms with van der Waals surface area (Å²) in [5.74, 6) is 0.423. The molecule has 3 aromatic carbocycles. The van der Waals surface area contributed by atoms with Crippen molar-refractivity contribution in [1.82, 2.24) is 0 Å². The topological polar surface area (TPSA) is 106 Å². The maximum Gasteiger partial charge on any atom is 0.272 e. The summed E-state index contributed by atoms with van der Waals surface area (Å²) in [6, 6.07) is 17.2. The minimum atomic E-state index is -0.952. The second-order valence-corrected chi connectivity index (χ2v) is 6.25. The number of nitriles is 1. The van der Waals surface area contributed by atoms with Crippen LogP contribution >= 0.6 is 0 Å². The molecule has 0 unspecified atom stereocenters. The Morgan fingerprint density at radius 1 is 1.14 bits per heavy atom. The van der Waals surface area contributed by atoms with E-state index in [9.17, 15) is 15.2 Å². The summed E-state index contributed by atoms with van der Waals surface area (Å²) >= 11 is 0. The molecular weight excluding hydrogens is 360 g/mol. The minimum Gasteiger partial charge on any atom is -0.468 e. The number of ether oxygens (including phenoxy) is 2. The van der Waals surface area contributed by atoms with Crippen LogP contribution in [0, 0.1) is 21.4 Å². The molecule has 3 rings (SSSR count). The maximum absolute atomic E-state index is 11.3. The number of aliphatic hydroxyl groups excluding tert-OH is 1. The summed E-state index contributed by atoms with van der Waals surface area (Å²) in [5, 5.41) is 32.8. The summed E-state index contributed by atoms with van der Waals surface area (Å²) in [6.07, 6.45) is -0.907. The molecule has 7 heteroatoms. The Balaban J connectivity index is 1.91. The van der Waals surface area contributed by atoms with Gasteiger partial charge in [0.1, 0.15) is 5.75 Å². The van der Waals surface area contributed by atoms with Gasteiger partial charge in [-0.1, -0.05) is 18.2 Å². The zero-order valence-electron chi connectivity index (χ0n) is 15.2. The van der Waals surface area contributed by atoms with E-state index in [4.69, 9.17) is 14.7 Å². The number of aliphatic hydroxyl groups is 1. The fourth-order valence-electron chi connectivity index (χ4n) is 2.99. The Hall–Kier alpha value is -3.47. The third-order valence-electron chi connectivity index (χ3n) is 4.38. The summed E-state index contributed by atoms with van der Waals surface area (Å²) in [5.41, 5.74) is 1.41. The predicted octanol–water partition coefficient (Wildman–Crippen LogP) is 3.88. The van der Waals surface area contributed by atoms with Gasteiger partial charge in [0.2, 0.25) is 0 Å². The van der Waals surface area contributed by atoms with Crippen LogP contribution in [0.25, 0.3) is 10.8 Å². The molecular formula is C21H18N2O5. The lowest BCUT2D eigenvalue weighted by molar-refractivity contribution is -0.385. The van der Waals surface area contributed by atoms with Crippen molar-refractivity contribution in [3.63, 3.8) is 0 Å². The number of nitro benzene ring substituents is 1. The molecule has 0 heterocycles. The molecule has 0 amide bonds. The predicted molar refractivity (Wildman–Crippen MR) is 103 cm³/mol. The lowest BCUT2D eigenvalue weighted by atomic mass is 9.97. The Labute approximate surface area is 161 Å². The van der Waals surface area contributed by atoms with Gasteiger partial charge >= 0.3 is 0 Å². The first kappa shape index (κ1) is 19.3. The van der Waals surface area contributed by atoms with Crippen LogP contribution in [0.2, 0.25) is 0 Å². The van der Waals surface area contributed by atoms with Gasteiger partial charge in [0.15, 0.2) is 6.79 Å². The zero-order chi connectivity index (χ0) is 20.1. The summed E-state index contributed by atoms with van der Waals surface area (Å²) in [6.45, 7) is 0.0195. The fraction of sp³-hybridized carbons (Fsp3) is 0.190. The average Bonchev–Trinajstić information content (AvgIpc) is 2.71. The summed E-state index contributed by atoms with van der Waals surface area (Å²) in [4.78, 5) is 10.9. The quantitative estimate of drug-likeness (QED) is 0.380. The first-order chi connectivity index (χ1) is 13.5. The van der Waals surface area contributed by atoms with Gasteiger partial charge in [0.25, 0.3) is 5.69 Å². The number of rotatable bonds is 7. The number of benzene rings is 3. The normalized spacial score (nSPS) is 11.8. The van der Waals surface area contributed by atoms with Crippen molar-refractivity contribution in [2.75, 3.05) is 13.9 Å². The molecule has 0 aromatic heterocycles. The molecule has 0 saturated carbocycles. The second-order valence-electron chi connectivity index (χ2n) is 6.25. The van der Waals surface area contributed by atoms with E-state index in [0.717, 1.165) is 10.8 Å². The van der Waals surface area contributed by atoms with Crippen LogP contribution in [0.3, 0.4) is 0 Å². The lowest BCUT2D eigenvalue weighted by Gasteiger charge is -2.14. The highest BCUT2D eigenvalue weighted by atomic mass is 16.7. The smallest absolute Gasteiger partial charge is 0.272 e. The van der Waals surface area contributed by atoms with Crippen LogP contribution < -0.4 is 4.74 Å². The molecule has 1 atom stereocenters. The highest BCUT2D eigenvalue weighted by molar-refractivity contribution is 5.84. The number of nitro groups is 1. The van der Waals surface area contributed by atoms with Crippen molar-refractivity contribution >= 4 is 16.5 Å². The van der Waals surface area contributed by atoms with E-state index in [-0.39, 0.29) is 18.9 Å². The molecule has 0 aliphatic heterocycles. The molecule has 0 aliphatic carbocycles. The van der Waals surface area contributed by atoms with E-state index in [1.165, 1.54) is 25.3 Å². The van der Waals surface area contributed by atoms with Crippen molar-refractivity contribution in [2.45, 2.75) is 12.5 Å². The standard InChI is InChI=1S/C21H18N2O5/c1-27-13-28-19-6-7-20(23(25)26)18(10-19)11-21(24)16-5-4-15-3-2-14(12-22)8-17(15)9-16/h2-10,21,24H,11,13H2,1H3/t21-/m0/s1. The summed E-state index contributed by atoms with van der Waals surface area (Å²) < 4.78 is 10.2. The van der Waals surface area contributed by atoms with Gasteiger partial charge in [-0.15, -0.1) is 0 Å². The first-order valence-electron chi connectivity index (χ1n) is 8.52. The van der Waals surface area contributed by atoms with Crippen molar-refractivity contribution in [3.8, 4) is 11.8 Å². The van der Waals surface area contributed by atoms with Gasteiger partial charge < -0.3 is 14.6 Å². The Kier molecular flexibility index (Phi) is 5.84. The highest BCUT2D eigenvalue weighted by Crippen LogP contribution is 2.30. The second kappa shape index (κ2) is 8.48. The third-order valence-corrected chi connectivity index (χ3v) is 4.38. The van der Waals surface area contributed by atoms with Gasteiger partial charge in [-0.2, -0.15) is 5.26 Å².